The number of thioether (sulfide) groups is 1. The minimum Gasteiger partial charge on any atom is -0.372 e. The Kier molecular flexibility index (Phi) is 6.00. The van der Waals surface area contributed by atoms with Gasteiger partial charge in [0.05, 0.1) is 10.1 Å². The molecule has 2 fully saturated rings. The van der Waals surface area contributed by atoms with Crippen molar-refractivity contribution < 1.29 is 4.79 Å². The normalized spacial score (nSPS) is 17.5. The fourth-order valence-electron chi connectivity index (χ4n) is 3.96. The summed E-state index contributed by atoms with van der Waals surface area (Å²) >= 11 is 3.16. The lowest BCUT2D eigenvalue weighted by Gasteiger charge is -2.28. The van der Waals surface area contributed by atoms with Crippen molar-refractivity contribution >= 4 is 40.4 Å². The fourth-order valence-corrected chi connectivity index (χ4v) is 5.58. The summed E-state index contributed by atoms with van der Waals surface area (Å²) in [6, 6.07) is 12.8. The van der Waals surface area contributed by atoms with E-state index in [0.29, 0.717) is 6.04 Å². The van der Waals surface area contributed by atoms with Gasteiger partial charge in [-0.05, 0) is 74.7 Å². The van der Waals surface area contributed by atoms with Crippen molar-refractivity contribution in [3.63, 3.8) is 0 Å². The number of carbonyl (C=O) groups excluding carboxylic acids is 1. The van der Waals surface area contributed by atoms with Gasteiger partial charge in [0.2, 0.25) is 5.91 Å². The van der Waals surface area contributed by atoms with E-state index >= 15 is 0 Å². The lowest BCUT2D eigenvalue weighted by Crippen LogP contribution is -2.29. The SMILES string of the molecule is C[C@H](Sc1nnc(-c2cccs2)n1C1CC1)C(=O)Nc1ccc(N2CCCCC2)cc1. The standard InChI is InChI=1S/C23H27N5OS2/c1-16(22(29)24-17-7-9-18(10-8-17)27-13-3-2-4-14-27)31-23-26-25-21(20-6-5-15-30-20)28(23)19-11-12-19/h5-10,15-16,19H,2-4,11-14H2,1H3,(H,24,29)/t16-/m0/s1. The molecule has 1 saturated carbocycles. The molecule has 1 atom stereocenters. The largest absolute Gasteiger partial charge is 0.372 e. The van der Waals surface area contributed by atoms with Gasteiger partial charge >= 0.3 is 0 Å². The van der Waals surface area contributed by atoms with Crippen molar-refractivity contribution in [2.24, 2.45) is 0 Å². The van der Waals surface area contributed by atoms with Crippen molar-refractivity contribution in [2.75, 3.05) is 23.3 Å². The molecule has 2 aromatic heterocycles. The van der Waals surface area contributed by atoms with Crippen LogP contribution in [0.1, 0.15) is 45.1 Å². The number of nitrogens with one attached hydrogen (secondary N) is 1. The second-order valence-corrected chi connectivity index (χ2v) is 10.5. The quantitative estimate of drug-likeness (QED) is 0.482. The van der Waals surface area contributed by atoms with E-state index in [0.717, 1.165) is 47.5 Å². The molecule has 1 saturated heterocycles. The molecular formula is C23H27N5OS2. The van der Waals surface area contributed by atoms with Crippen LogP contribution < -0.4 is 10.2 Å². The Morgan fingerprint density at radius 1 is 1.13 bits per heavy atom. The van der Waals surface area contributed by atoms with Crippen LogP contribution in [0.3, 0.4) is 0 Å². The lowest BCUT2D eigenvalue weighted by molar-refractivity contribution is -0.115. The first-order valence-electron chi connectivity index (χ1n) is 11.0. The molecule has 3 aromatic rings. The van der Waals surface area contributed by atoms with Crippen molar-refractivity contribution in [1.82, 2.24) is 14.8 Å². The topological polar surface area (TPSA) is 63.1 Å². The van der Waals surface area contributed by atoms with Crippen molar-refractivity contribution in [3.05, 3.63) is 41.8 Å². The molecule has 0 bridgehead atoms. The molecule has 0 spiro atoms. The number of anilines is 2. The lowest BCUT2D eigenvalue weighted by atomic mass is 10.1. The van der Waals surface area contributed by atoms with Gasteiger partial charge < -0.3 is 10.2 Å². The summed E-state index contributed by atoms with van der Waals surface area (Å²) in [6.07, 6.45) is 6.13. The van der Waals surface area contributed by atoms with Gasteiger partial charge in [0.15, 0.2) is 11.0 Å². The summed E-state index contributed by atoms with van der Waals surface area (Å²) in [5.74, 6) is 0.902. The average Bonchev–Trinajstić information content (AvgIpc) is 3.32. The molecule has 0 unspecified atom stereocenters. The van der Waals surface area contributed by atoms with Gasteiger partial charge in [0, 0.05) is 30.5 Å². The molecule has 5 rings (SSSR count). The minimum absolute atomic E-state index is 0.0151. The first kappa shape index (κ1) is 20.6. The van der Waals surface area contributed by atoms with E-state index in [1.165, 1.54) is 36.7 Å². The highest BCUT2D eigenvalue weighted by atomic mass is 32.2. The number of thiophene rings is 1. The molecule has 1 N–H and O–H groups in total. The van der Waals surface area contributed by atoms with E-state index < -0.39 is 0 Å². The molecule has 2 aliphatic rings. The zero-order valence-electron chi connectivity index (χ0n) is 17.7. The smallest absolute Gasteiger partial charge is 0.237 e. The summed E-state index contributed by atoms with van der Waals surface area (Å²) in [5.41, 5.74) is 2.07. The zero-order valence-corrected chi connectivity index (χ0v) is 19.3. The van der Waals surface area contributed by atoms with Crippen LogP contribution >= 0.6 is 23.1 Å². The van der Waals surface area contributed by atoms with Gasteiger partial charge in [-0.3, -0.25) is 9.36 Å². The Hall–Kier alpha value is -2.32. The van der Waals surface area contributed by atoms with E-state index in [2.05, 4.69) is 48.6 Å². The van der Waals surface area contributed by atoms with E-state index in [1.54, 1.807) is 11.3 Å². The molecule has 162 valence electrons. The molecule has 31 heavy (non-hydrogen) atoms. The highest BCUT2D eigenvalue weighted by molar-refractivity contribution is 8.00. The Balaban J connectivity index is 1.24. The molecule has 1 amide bonds. The van der Waals surface area contributed by atoms with E-state index in [4.69, 9.17) is 0 Å². The molecule has 1 aliphatic carbocycles. The Morgan fingerprint density at radius 2 is 1.90 bits per heavy atom. The van der Waals surface area contributed by atoms with Crippen LogP contribution in [0.25, 0.3) is 10.7 Å². The van der Waals surface area contributed by atoms with Crippen molar-refractivity contribution in [2.45, 2.75) is 55.5 Å². The summed E-state index contributed by atoms with van der Waals surface area (Å²) in [5, 5.41) is 14.5. The van der Waals surface area contributed by atoms with Crippen LogP contribution in [0.5, 0.6) is 0 Å². The minimum atomic E-state index is -0.264. The van der Waals surface area contributed by atoms with Crippen LogP contribution in [0, 0.1) is 0 Å². The number of aromatic nitrogens is 3. The van der Waals surface area contributed by atoms with E-state index in [-0.39, 0.29) is 11.2 Å². The molecule has 1 aromatic carbocycles. The average molecular weight is 454 g/mol. The number of piperidine rings is 1. The van der Waals surface area contributed by atoms with Gasteiger partial charge in [0.1, 0.15) is 0 Å². The van der Waals surface area contributed by atoms with Gasteiger partial charge in [-0.25, -0.2) is 0 Å². The van der Waals surface area contributed by atoms with Gasteiger partial charge in [-0.2, -0.15) is 0 Å². The number of hydrogen-bond donors (Lipinski definition) is 1. The maximum Gasteiger partial charge on any atom is 0.237 e. The maximum atomic E-state index is 12.8. The monoisotopic (exact) mass is 453 g/mol. The van der Waals surface area contributed by atoms with E-state index in [1.807, 2.05) is 25.1 Å². The second kappa shape index (κ2) is 9.04. The van der Waals surface area contributed by atoms with Gasteiger partial charge in [-0.15, -0.1) is 21.5 Å². The number of benzene rings is 1. The number of hydrogen-bond acceptors (Lipinski definition) is 6. The van der Waals surface area contributed by atoms with Crippen LogP contribution in [0.15, 0.2) is 46.9 Å². The van der Waals surface area contributed by atoms with Gasteiger partial charge in [0.25, 0.3) is 0 Å². The highest BCUT2D eigenvalue weighted by Crippen LogP contribution is 2.42. The predicted molar refractivity (Wildman–Crippen MR) is 128 cm³/mol. The first-order valence-corrected chi connectivity index (χ1v) is 12.8. The van der Waals surface area contributed by atoms with Crippen molar-refractivity contribution in [3.8, 4) is 10.7 Å². The van der Waals surface area contributed by atoms with Crippen LogP contribution in [-0.2, 0) is 4.79 Å². The molecule has 1 aliphatic heterocycles. The predicted octanol–water partition coefficient (Wildman–Crippen LogP) is 5.45. The maximum absolute atomic E-state index is 12.8. The molecule has 0 radical (unpaired) electrons. The van der Waals surface area contributed by atoms with Crippen LogP contribution in [-0.4, -0.2) is 39.0 Å². The van der Waals surface area contributed by atoms with Gasteiger partial charge in [-0.1, -0.05) is 17.8 Å². The first-order chi connectivity index (χ1) is 15.2. The van der Waals surface area contributed by atoms with E-state index in [9.17, 15) is 4.79 Å². The summed E-state index contributed by atoms with van der Waals surface area (Å²) in [7, 11) is 0. The fraction of sp³-hybridized carbons (Fsp3) is 0.435. The summed E-state index contributed by atoms with van der Waals surface area (Å²) in [4.78, 5) is 16.4. The van der Waals surface area contributed by atoms with Crippen LogP contribution in [0.2, 0.25) is 0 Å². The third-order valence-electron chi connectivity index (χ3n) is 5.83. The molecular weight excluding hydrogens is 426 g/mol. The van der Waals surface area contributed by atoms with Crippen LogP contribution in [0.4, 0.5) is 11.4 Å². The third kappa shape index (κ3) is 4.65. The Bertz CT molecular complexity index is 1020. The number of amides is 1. The summed E-state index contributed by atoms with van der Waals surface area (Å²) < 4.78 is 2.22. The molecule has 3 heterocycles. The number of nitrogens with zero attached hydrogens (tertiary/aromatic N) is 4. The van der Waals surface area contributed by atoms with Crippen molar-refractivity contribution in [1.29, 1.82) is 0 Å². The third-order valence-corrected chi connectivity index (χ3v) is 7.75. The molecule has 6 nitrogen and oxygen atoms in total. The Morgan fingerprint density at radius 3 is 2.58 bits per heavy atom. The Labute approximate surface area is 191 Å². The molecule has 8 heteroatoms. The zero-order chi connectivity index (χ0) is 21.2. The number of carbonyl (C=O) groups is 1. The summed E-state index contributed by atoms with van der Waals surface area (Å²) in [6.45, 7) is 4.17. The highest BCUT2D eigenvalue weighted by Gasteiger charge is 2.31. The second-order valence-electron chi connectivity index (χ2n) is 8.23. The number of rotatable bonds is 7.